The van der Waals surface area contributed by atoms with Gasteiger partial charge in [-0.15, -0.1) is 0 Å². The zero-order chi connectivity index (χ0) is 24.4. The van der Waals surface area contributed by atoms with Crippen LogP contribution in [-0.2, 0) is 14.3 Å². The van der Waals surface area contributed by atoms with E-state index in [4.69, 9.17) is 14.2 Å². The van der Waals surface area contributed by atoms with E-state index in [9.17, 15) is 23.2 Å². The number of benzene rings is 2. The number of esters is 1. The van der Waals surface area contributed by atoms with E-state index >= 15 is 0 Å². The third-order valence-corrected chi connectivity index (χ3v) is 6.02. The Morgan fingerprint density at radius 1 is 1.15 bits per heavy atom. The summed E-state index contributed by atoms with van der Waals surface area (Å²) in [6, 6.07) is 6.79. The molecule has 0 bridgehead atoms. The van der Waals surface area contributed by atoms with Crippen molar-refractivity contribution in [3.8, 4) is 5.75 Å². The molecule has 2 amide bonds. The van der Waals surface area contributed by atoms with Crippen molar-refractivity contribution in [1.82, 2.24) is 4.90 Å². The number of hydrogen-bond donors (Lipinski definition) is 1. The molecular formula is C24H24F2N2O6. The molecular weight excluding hydrogens is 450 g/mol. The van der Waals surface area contributed by atoms with E-state index in [2.05, 4.69) is 5.32 Å². The zero-order valence-electron chi connectivity index (χ0n) is 18.7. The second-order valence-electron chi connectivity index (χ2n) is 8.27. The summed E-state index contributed by atoms with van der Waals surface area (Å²) in [6.07, 6.45) is 0.597. The van der Waals surface area contributed by atoms with Crippen molar-refractivity contribution in [3.05, 3.63) is 59.2 Å². The summed E-state index contributed by atoms with van der Waals surface area (Å²) < 4.78 is 43.5. The quantitative estimate of drug-likeness (QED) is 0.685. The van der Waals surface area contributed by atoms with Crippen LogP contribution in [0.3, 0.4) is 0 Å². The number of amides is 2. The minimum absolute atomic E-state index is 0.131. The van der Waals surface area contributed by atoms with Crippen LogP contribution in [0.25, 0.3) is 0 Å². The largest absolute Gasteiger partial charge is 0.490 e. The van der Waals surface area contributed by atoms with Crippen molar-refractivity contribution in [2.45, 2.75) is 37.5 Å². The predicted octanol–water partition coefficient (Wildman–Crippen LogP) is 3.16. The fraction of sp³-hybridized carbons (Fsp3) is 0.375. The lowest BCUT2D eigenvalue weighted by molar-refractivity contribution is -0.151. The molecule has 2 aromatic carbocycles. The third kappa shape index (κ3) is 5.01. The molecule has 2 aliphatic heterocycles. The van der Waals surface area contributed by atoms with Gasteiger partial charge in [0.2, 0.25) is 0 Å². The zero-order valence-corrected chi connectivity index (χ0v) is 18.7. The van der Waals surface area contributed by atoms with Crippen LogP contribution in [0.15, 0.2) is 36.4 Å². The molecule has 10 heteroatoms. The van der Waals surface area contributed by atoms with Gasteiger partial charge in [0.05, 0.1) is 31.2 Å². The fourth-order valence-electron chi connectivity index (χ4n) is 4.26. The number of ether oxygens (including phenoxy) is 3. The van der Waals surface area contributed by atoms with Crippen molar-refractivity contribution in [2.24, 2.45) is 0 Å². The molecule has 0 saturated carbocycles. The molecule has 4 rings (SSSR count). The standard InChI is InChI=1S/C24H24F2N2O6/c1-28-19-5-4-17(11-22(29)32-2)34-21(19)12-33-20-6-3-16(10-18(20)24(28)31)27-23(30)13-7-14(25)9-15(26)8-13/h3,6-10,17,19,21H,4-5,11-12H2,1-2H3,(H,27,30)/t17-,19-,21-/m0/s1. The smallest absolute Gasteiger partial charge is 0.308 e. The summed E-state index contributed by atoms with van der Waals surface area (Å²) in [5.41, 5.74) is 0.322. The average molecular weight is 474 g/mol. The summed E-state index contributed by atoms with van der Waals surface area (Å²) in [5.74, 6) is -2.83. The maximum absolute atomic E-state index is 13.5. The Balaban J connectivity index is 1.52. The topological polar surface area (TPSA) is 94.2 Å². The highest BCUT2D eigenvalue weighted by molar-refractivity contribution is 6.05. The van der Waals surface area contributed by atoms with E-state index in [1.165, 1.54) is 25.3 Å². The maximum Gasteiger partial charge on any atom is 0.308 e. The third-order valence-electron chi connectivity index (χ3n) is 6.02. The van der Waals surface area contributed by atoms with Crippen molar-refractivity contribution in [3.63, 3.8) is 0 Å². The van der Waals surface area contributed by atoms with Gasteiger partial charge < -0.3 is 24.4 Å². The lowest BCUT2D eigenvalue weighted by Gasteiger charge is -2.42. The summed E-state index contributed by atoms with van der Waals surface area (Å²) in [4.78, 5) is 38.9. The molecule has 2 aliphatic rings. The summed E-state index contributed by atoms with van der Waals surface area (Å²) in [7, 11) is 2.99. The Morgan fingerprint density at radius 2 is 1.88 bits per heavy atom. The Kier molecular flexibility index (Phi) is 6.78. The van der Waals surface area contributed by atoms with Gasteiger partial charge in [0.1, 0.15) is 30.1 Å². The Hall–Kier alpha value is -3.53. The Bertz CT molecular complexity index is 1100. The highest BCUT2D eigenvalue weighted by Gasteiger charge is 2.39. The van der Waals surface area contributed by atoms with Gasteiger partial charge in [-0.05, 0) is 43.2 Å². The molecule has 1 fully saturated rings. The van der Waals surface area contributed by atoms with Gasteiger partial charge in [0.15, 0.2) is 0 Å². The van der Waals surface area contributed by atoms with Gasteiger partial charge in [0.25, 0.3) is 11.8 Å². The number of carbonyl (C=O) groups is 3. The summed E-state index contributed by atoms with van der Waals surface area (Å²) >= 11 is 0. The molecule has 0 aliphatic carbocycles. The van der Waals surface area contributed by atoms with Crippen LogP contribution in [-0.4, -0.2) is 61.7 Å². The predicted molar refractivity (Wildman–Crippen MR) is 117 cm³/mol. The lowest BCUT2D eigenvalue weighted by Crippen LogP contribution is -2.53. The van der Waals surface area contributed by atoms with Crippen molar-refractivity contribution >= 4 is 23.5 Å². The maximum atomic E-state index is 13.5. The first-order chi connectivity index (χ1) is 16.2. The van der Waals surface area contributed by atoms with Crippen LogP contribution in [0.4, 0.5) is 14.5 Å². The van der Waals surface area contributed by atoms with E-state index in [0.717, 1.165) is 12.1 Å². The normalized spacial score (nSPS) is 21.9. The van der Waals surface area contributed by atoms with Crippen LogP contribution >= 0.6 is 0 Å². The fourth-order valence-corrected chi connectivity index (χ4v) is 4.26. The second-order valence-corrected chi connectivity index (χ2v) is 8.27. The minimum atomic E-state index is -0.869. The molecule has 3 atom stereocenters. The molecule has 1 saturated heterocycles. The van der Waals surface area contributed by atoms with Crippen molar-refractivity contribution < 1.29 is 37.4 Å². The highest BCUT2D eigenvalue weighted by atomic mass is 19.1. The minimum Gasteiger partial charge on any atom is -0.490 e. The Labute approximate surface area is 194 Å². The summed E-state index contributed by atoms with van der Waals surface area (Å²) in [5, 5.41) is 2.55. The monoisotopic (exact) mass is 474 g/mol. The average Bonchev–Trinajstić information content (AvgIpc) is 2.81. The molecule has 0 radical (unpaired) electrons. The SMILES string of the molecule is COC(=O)C[C@@H]1CC[C@H]2[C@H](COc3ccc(NC(=O)c4cc(F)cc(F)c4)cc3C(=O)N2C)O1. The number of hydrogen-bond acceptors (Lipinski definition) is 6. The molecule has 34 heavy (non-hydrogen) atoms. The van der Waals surface area contributed by atoms with Gasteiger partial charge >= 0.3 is 5.97 Å². The van der Waals surface area contributed by atoms with E-state index in [1.54, 1.807) is 11.9 Å². The van der Waals surface area contributed by atoms with Gasteiger partial charge in [-0.2, -0.15) is 0 Å². The molecule has 180 valence electrons. The highest BCUT2D eigenvalue weighted by Crippen LogP contribution is 2.32. The van der Waals surface area contributed by atoms with E-state index in [-0.39, 0.29) is 53.9 Å². The Morgan fingerprint density at radius 3 is 2.59 bits per heavy atom. The number of methoxy groups -OCH3 is 1. The van der Waals surface area contributed by atoms with Gasteiger partial charge in [-0.1, -0.05) is 0 Å². The number of anilines is 1. The molecule has 1 N–H and O–H groups in total. The molecule has 0 aromatic heterocycles. The molecule has 0 spiro atoms. The number of likely N-dealkylation sites (N-methyl/N-ethyl adjacent to an activating group) is 1. The van der Waals surface area contributed by atoms with Crippen molar-refractivity contribution in [1.29, 1.82) is 0 Å². The number of halogens is 2. The van der Waals surface area contributed by atoms with Crippen molar-refractivity contribution in [2.75, 3.05) is 26.1 Å². The number of fused-ring (bicyclic) bond motifs is 2. The first kappa shape index (κ1) is 23.6. The first-order valence-electron chi connectivity index (χ1n) is 10.8. The van der Waals surface area contributed by atoms with E-state index in [0.29, 0.717) is 24.7 Å². The summed E-state index contributed by atoms with van der Waals surface area (Å²) in [6.45, 7) is 0.168. The van der Waals surface area contributed by atoms with Gasteiger partial charge in [-0.25, -0.2) is 8.78 Å². The van der Waals surface area contributed by atoms with E-state index in [1.807, 2.05) is 0 Å². The first-order valence-corrected chi connectivity index (χ1v) is 10.8. The van der Waals surface area contributed by atoms with Crippen LogP contribution in [0.2, 0.25) is 0 Å². The van der Waals surface area contributed by atoms with Crippen LogP contribution in [0.5, 0.6) is 5.75 Å². The van der Waals surface area contributed by atoms with E-state index < -0.39 is 23.6 Å². The van der Waals surface area contributed by atoms with Crippen LogP contribution in [0.1, 0.15) is 40.0 Å². The number of carbonyl (C=O) groups excluding carboxylic acids is 3. The van der Waals surface area contributed by atoms with Gasteiger partial charge in [-0.3, -0.25) is 14.4 Å². The molecule has 0 unspecified atom stereocenters. The molecule has 2 heterocycles. The van der Waals surface area contributed by atoms with Crippen LogP contribution in [0, 0.1) is 11.6 Å². The van der Waals surface area contributed by atoms with Crippen LogP contribution < -0.4 is 10.1 Å². The molecule has 2 aromatic rings. The molecule has 8 nitrogen and oxygen atoms in total. The number of rotatable bonds is 4. The number of nitrogens with one attached hydrogen (secondary N) is 1. The second kappa shape index (κ2) is 9.76. The lowest BCUT2D eigenvalue weighted by atomic mass is 9.94. The van der Waals surface area contributed by atoms with Gasteiger partial charge in [0, 0.05) is 24.4 Å². The number of nitrogens with zero attached hydrogens (tertiary/aromatic N) is 1.